The second-order valence-corrected chi connectivity index (χ2v) is 6.75. The van der Waals surface area contributed by atoms with Crippen LogP contribution in [0.5, 0.6) is 0 Å². The molecule has 0 amide bonds. The van der Waals surface area contributed by atoms with Gasteiger partial charge in [-0.3, -0.25) is 0 Å². The quantitative estimate of drug-likeness (QED) is 0.846. The first-order valence-corrected chi connectivity index (χ1v) is 8.78. The van der Waals surface area contributed by atoms with Gasteiger partial charge in [-0.1, -0.05) is 0 Å². The van der Waals surface area contributed by atoms with Crippen molar-refractivity contribution < 1.29 is 0 Å². The van der Waals surface area contributed by atoms with Gasteiger partial charge in [0.2, 0.25) is 5.95 Å². The molecule has 1 unspecified atom stereocenters. The van der Waals surface area contributed by atoms with E-state index in [2.05, 4.69) is 37.9 Å². The minimum atomic E-state index is 0.338. The van der Waals surface area contributed by atoms with E-state index in [9.17, 15) is 0 Å². The van der Waals surface area contributed by atoms with Crippen LogP contribution in [0.1, 0.15) is 43.1 Å². The van der Waals surface area contributed by atoms with Crippen molar-refractivity contribution in [2.75, 3.05) is 29.9 Å². The molecular weight excluding hydrogens is 314 g/mol. The predicted molar refractivity (Wildman–Crippen MR) is 94.4 cm³/mol. The molecule has 1 saturated carbocycles. The van der Waals surface area contributed by atoms with E-state index in [-0.39, 0.29) is 0 Å². The van der Waals surface area contributed by atoms with Crippen molar-refractivity contribution in [3.63, 3.8) is 0 Å². The van der Waals surface area contributed by atoms with Crippen LogP contribution in [-0.4, -0.2) is 46.1 Å². The van der Waals surface area contributed by atoms with E-state index in [1.165, 1.54) is 12.8 Å². The predicted octanol–water partition coefficient (Wildman–Crippen LogP) is 2.12. The molecule has 3 heterocycles. The number of aromatic nitrogens is 4. The SMILES string of the molecule is CN(c1ccnc(C2CC2)n1)C1CCCN(c2nccc(C#N)n2)C1. The molecule has 1 saturated heterocycles. The van der Waals surface area contributed by atoms with Gasteiger partial charge in [-0.25, -0.2) is 19.9 Å². The second kappa shape index (κ2) is 6.63. The maximum atomic E-state index is 9.04. The van der Waals surface area contributed by atoms with Gasteiger partial charge in [0.15, 0.2) is 0 Å². The fourth-order valence-corrected chi connectivity index (χ4v) is 3.30. The Balaban J connectivity index is 1.50. The molecule has 2 aromatic heterocycles. The molecule has 128 valence electrons. The summed E-state index contributed by atoms with van der Waals surface area (Å²) in [6.07, 6.45) is 8.10. The van der Waals surface area contributed by atoms with Crippen molar-refractivity contribution in [1.29, 1.82) is 5.26 Å². The zero-order valence-corrected chi connectivity index (χ0v) is 14.3. The Labute approximate surface area is 147 Å². The smallest absolute Gasteiger partial charge is 0.226 e. The van der Waals surface area contributed by atoms with Gasteiger partial charge in [0, 0.05) is 44.5 Å². The van der Waals surface area contributed by atoms with Crippen LogP contribution in [-0.2, 0) is 0 Å². The number of nitriles is 1. The summed E-state index contributed by atoms with van der Waals surface area (Å²) in [5, 5.41) is 9.04. The van der Waals surface area contributed by atoms with E-state index in [1.54, 1.807) is 12.3 Å². The molecule has 0 radical (unpaired) electrons. The Morgan fingerprint density at radius 3 is 2.80 bits per heavy atom. The fraction of sp³-hybridized carbons (Fsp3) is 0.500. The average molecular weight is 335 g/mol. The molecular formula is C18H21N7. The Kier molecular flexibility index (Phi) is 4.18. The molecule has 7 nitrogen and oxygen atoms in total. The van der Waals surface area contributed by atoms with Gasteiger partial charge in [0.25, 0.3) is 0 Å². The van der Waals surface area contributed by atoms with Crippen LogP contribution in [0.25, 0.3) is 0 Å². The first kappa shape index (κ1) is 15.8. The molecule has 1 atom stereocenters. The van der Waals surface area contributed by atoms with Gasteiger partial charge in [-0.05, 0) is 37.8 Å². The lowest BCUT2D eigenvalue weighted by atomic mass is 10.0. The summed E-state index contributed by atoms with van der Waals surface area (Å²) in [7, 11) is 2.10. The standard InChI is InChI=1S/C18H21N7/c1-24(16-7-9-20-17(23-16)13-4-5-13)15-3-2-10-25(12-15)18-21-8-6-14(11-19)22-18/h6-9,13,15H,2-5,10,12H2,1H3. The number of rotatable bonds is 4. The van der Waals surface area contributed by atoms with Crippen LogP contribution >= 0.6 is 0 Å². The van der Waals surface area contributed by atoms with Gasteiger partial charge in [0.1, 0.15) is 23.4 Å². The molecule has 0 aromatic carbocycles. The van der Waals surface area contributed by atoms with Crippen molar-refractivity contribution in [3.05, 3.63) is 36.0 Å². The van der Waals surface area contributed by atoms with Crippen LogP contribution in [0, 0.1) is 11.3 Å². The van der Waals surface area contributed by atoms with Crippen LogP contribution in [0.2, 0.25) is 0 Å². The summed E-state index contributed by atoms with van der Waals surface area (Å²) >= 11 is 0. The number of piperidine rings is 1. The molecule has 2 aliphatic rings. The van der Waals surface area contributed by atoms with Gasteiger partial charge in [-0.2, -0.15) is 5.26 Å². The number of hydrogen-bond acceptors (Lipinski definition) is 7. The van der Waals surface area contributed by atoms with E-state index in [0.717, 1.165) is 37.6 Å². The molecule has 7 heteroatoms. The molecule has 1 aliphatic heterocycles. The van der Waals surface area contributed by atoms with Gasteiger partial charge < -0.3 is 9.80 Å². The highest BCUT2D eigenvalue weighted by atomic mass is 15.3. The molecule has 0 N–H and O–H groups in total. The Morgan fingerprint density at radius 1 is 1.16 bits per heavy atom. The minimum absolute atomic E-state index is 0.338. The molecule has 25 heavy (non-hydrogen) atoms. The van der Waals surface area contributed by atoms with Gasteiger partial charge in [0.05, 0.1) is 0 Å². The van der Waals surface area contributed by atoms with E-state index in [0.29, 0.717) is 23.6 Å². The minimum Gasteiger partial charge on any atom is -0.355 e. The highest BCUT2D eigenvalue weighted by Crippen LogP contribution is 2.38. The van der Waals surface area contributed by atoms with Crippen LogP contribution in [0.15, 0.2) is 24.5 Å². The van der Waals surface area contributed by atoms with E-state index in [4.69, 9.17) is 10.2 Å². The highest BCUT2D eigenvalue weighted by molar-refractivity contribution is 5.41. The van der Waals surface area contributed by atoms with Crippen LogP contribution in [0.3, 0.4) is 0 Å². The molecule has 4 rings (SSSR count). The largest absolute Gasteiger partial charge is 0.355 e. The average Bonchev–Trinajstić information content (AvgIpc) is 3.53. The van der Waals surface area contributed by atoms with E-state index >= 15 is 0 Å². The third-order valence-corrected chi connectivity index (χ3v) is 4.95. The molecule has 0 spiro atoms. The Hall–Kier alpha value is -2.75. The Morgan fingerprint density at radius 2 is 2.00 bits per heavy atom. The summed E-state index contributed by atoms with van der Waals surface area (Å²) in [6.45, 7) is 1.74. The van der Waals surface area contributed by atoms with Crippen molar-refractivity contribution in [3.8, 4) is 6.07 Å². The highest BCUT2D eigenvalue weighted by Gasteiger charge is 2.29. The Bertz CT molecular complexity index is 796. The number of nitrogens with zero attached hydrogens (tertiary/aromatic N) is 7. The fourth-order valence-electron chi connectivity index (χ4n) is 3.30. The number of anilines is 2. The van der Waals surface area contributed by atoms with Crippen LogP contribution < -0.4 is 9.80 Å². The summed E-state index contributed by atoms with van der Waals surface area (Å²) in [6, 6.07) is 6.04. The zero-order valence-electron chi connectivity index (χ0n) is 14.3. The molecule has 2 aromatic rings. The summed E-state index contributed by atoms with van der Waals surface area (Å²) < 4.78 is 0. The number of likely N-dealkylation sites (N-methyl/N-ethyl adjacent to an activating group) is 1. The summed E-state index contributed by atoms with van der Waals surface area (Å²) in [4.78, 5) is 22.3. The molecule has 1 aliphatic carbocycles. The maximum absolute atomic E-state index is 9.04. The van der Waals surface area contributed by atoms with Crippen molar-refractivity contribution in [2.24, 2.45) is 0 Å². The van der Waals surface area contributed by atoms with Gasteiger partial charge >= 0.3 is 0 Å². The topological polar surface area (TPSA) is 81.8 Å². The van der Waals surface area contributed by atoms with E-state index in [1.807, 2.05) is 12.3 Å². The van der Waals surface area contributed by atoms with Crippen molar-refractivity contribution >= 4 is 11.8 Å². The van der Waals surface area contributed by atoms with Crippen molar-refractivity contribution in [1.82, 2.24) is 19.9 Å². The monoisotopic (exact) mass is 335 g/mol. The lowest BCUT2D eigenvalue weighted by Gasteiger charge is -2.38. The molecule has 0 bridgehead atoms. The maximum Gasteiger partial charge on any atom is 0.226 e. The first-order valence-electron chi connectivity index (χ1n) is 8.78. The van der Waals surface area contributed by atoms with Crippen molar-refractivity contribution in [2.45, 2.75) is 37.6 Å². The van der Waals surface area contributed by atoms with E-state index < -0.39 is 0 Å². The first-order chi connectivity index (χ1) is 12.2. The third kappa shape index (κ3) is 3.38. The second-order valence-electron chi connectivity index (χ2n) is 6.75. The summed E-state index contributed by atoms with van der Waals surface area (Å²) in [5.41, 5.74) is 0.408. The zero-order chi connectivity index (χ0) is 17.2. The molecule has 2 fully saturated rings. The lowest BCUT2D eigenvalue weighted by molar-refractivity contribution is 0.480. The third-order valence-electron chi connectivity index (χ3n) is 4.95. The summed E-state index contributed by atoms with van der Waals surface area (Å²) in [5.74, 6) is 3.15. The normalized spacial score (nSPS) is 20.2. The van der Waals surface area contributed by atoms with Crippen LogP contribution in [0.4, 0.5) is 11.8 Å². The number of hydrogen-bond donors (Lipinski definition) is 0. The van der Waals surface area contributed by atoms with Gasteiger partial charge in [-0.15, -0.1) is 0 Å². The lowest BCUT2D eigenvalue weighted by Crippen LogP contribution is -2.47.